The molecule has 22 heavy (non-hydrogen) atoms. The van der Waals surface area contributed by atoms with Crippen LogP contribution in [0.1, 0.15) is 61.6 Å². The van der Waals surface area contributed by atoms with Gasteiger partial charge in [-0.15, -0.1) is 0 Å². The molecular formula is C17H26N4O. The highest BCUT2D eigenvalue weighted by Crippen LogP contribution is 2.44. The Bertz CT molecular complexity index is 610. The molecular weight excluding hydrogens is 276 g/mol. The summed E-state index contributed by atoms with van der Waals surface area (Å²) in [6.45, 7) is 5.08. The van der Waals surface area contributed by atoms with E-state index in [1.807, 2.05) is 11.7 Å². The maximum Gasteiger partial charge on any atom is 0.244 e. The van der Waals surface area contributed by atoms with Crippen molar-refractivity contribution in [3.05, 3.63) is 17.0 Å². The standard InChI is InChI=1S/C17H26N4O/c1-11-14(12(2)20(3)19-11)15-18-17(8-4-5-9-17)16(22)21(15)10-13-6-7-13/h13,15,18H,4-10H2,1-3H3/t15-/m1/s1. The molecule has 3 aliphatic rings. The van der Waals surface area contributed by atoms with Gasteiger partial charge in [0.2, 0.25) is 5.91 Å². The Hall–Kier alpha value is -1.36. The predicted octanol–water partition coefficient (Wildman–Crippen LogP) is 2.19. The van der Waals surface area contributed by atoms with Crippen molar-refractivity contribution in [1.29, 1.82) is 0 Å². The largest absolute Gasteiger partial charge is 0.321 e. The van der Waals surface area contributed by atoms with Gasteiger partial charge in [-0.2, -0.15) is 5.10 Å². The first-order chi connectivity index (χ1) is 10.5. The minimum atomic E-state index is -0.297. The van der Waals surface area contributed by atoms with Crippen molar-refractivity contribution >= 4 is 5.91 Å². The second-order valence-electron chi connectivity index (χ2n) is 7.45. The lowest BCUT2D eigenvalue weighted by atomic mass is 9.98. The van der Waals surface area contributed by atoms with Crippen molar-refractivity contribution in [3.63, 3.8) is 0 Å². The summed E-state index contributed by atoms with van der Waals surface area (Å²) in [5.41, 5.74) is 3.12. The quantitative estimate of drug-likeness (QED) is 0.931. The summed E-state index contributed by atoms with van der Waals surface area (Å²) in [6.07, 6.45) is 6.86. The van der Waals surface area contributed by atoms with Gasteiger partial charge in [-0.3, -0.25) is 14.8 Å². The maximum absolute atomic E-state index is 13.1. The van der Waals surface area contributed by atoms with Crippen LogP contribution in [0.2, 0.25) is 0 Å². The Morgan fingerprint density at radius 2 is 1.95 bits per heavy atom. The van der Waals surface area contributed by atoms with E-state index in [9.17, 15) is 4.79 Å². The van der Waals surface area contributed by atoms with Crippen molar-refractivity contribution in [2.24, 2.45) is 13.0 Å². The molecule has 0 aromatic carbocycles. The van der Waals surface area contributed by atoms with Crippen molar-refractivity contribution in [2.75, 3.05) is 6.54 Å². The molecule has 5 nitrogen and oxygen atoms in total. The van der Waals surface area contributed by atoms with Crippen molar-refractivity contribution in [3.8, 4) is 0 Å². The van der Waals surface area contributed by atoms with Crippen LogP contribution in [0.3, 0.4) is 0 Å². The fourth-order valence-corrected chi connectivity index (χ4v) is 4.31. The van der Waals surface area contributed by atoms with E-state index in [0.717, 1.165) is 37.9 Å². The van der Waals surface area contributed by atoms with Gasteiger partial charge in [0, 0.05) is 24.8 Å². The van der Waals surface area contributed by atoms with E-state index in [4.69, 9.17) is 0 Å². The lowest BCUT2D eigenvalue weighted by molar-refractivity contribution is -0.133. The lowest BCUT2D eigenvalue weighted by Crippen LogP contribution is -2.44. The molecule has 2 aliphatic carbocycles. The van der Waals surface area contributed by atoms with Crippen molar-refractivity contribution < 1.29 is 4.79 Å². The zero-order valence-corrected chi connectivity index (χ0v) is 13.9. The molecule has 1 atom stereocenters. The first-order valence-corrected chi connectivity index (χ1v) is 8.61. The first kappa shape index (κ1) is 14.2. The normalized spacial score (nSPS) is 27.3. The number of carbonyl (C=O) groups is 1. The number of nitrogens with one attached hydrogen (secondary N) is 1. The summed E-state index contributed by atoms with van der Waals surface area (Å²) in [5.74, 6) is 1.05. The molecule has 5 heteroatoms. The molecule has 1 spiro atoms. The number of hydrogen-bond donors (Lipinski definition) is 1. The van der Waals surface area contributed by atoms with Gasteiger partial charge in [0.1, 0.15) is 6.17 Å². The minimum Gasteiger partial charge on any atom is -0.321 e. The van der Waals surface area contributed by atoms with Gasteiger partial charge >= 0.3 is 0 Å². The number of hydrogen-bond acceptors (Lipinski definition) is 3. The minimum absolute atomic E-state index is 0.0138. The molecule has 1 aromatic rings. The Balaban J connectivity index is 1.73. The second kappa shape index (κ2) is 4.82. The van der Waals surface area contributed by atoms with E-state index in [1.165, 1.54) is 24.1 Å². The Morgan fingerprint density at radius 1 is 1.27 bits per heavy atom. The van der Waals surface area contributed by atoms with Crippen LogP contribution in [0.25, 0.3) is 0 Å². The number of nitrogens with zero attached hydrogens (tertiary/aromatic N) is 3. The monoisotopic (exact) mass is 302 g/mol. The van der Waals surface area contributed by atoms with Gasteiger partial charge < -0.3 is 4.90 Å². The average Bonchev–Trinajstić information content (AvgIpc) is 3.03. The van der Waals surface area contributed by atoms with Crippen LogP contribution < -0.4 is 5.32 Å². The molecule has 1 saturated heterocycles. The van der Waals surface area contributed by atoms with Crippen LogP contribution in [-0.2, 0) is 11.8 Å². The van der Waals surface area contributed by atoms with Crippen LogP contribution in [0.4, 0.5) is 0 Å². The summed E-state index contributed by atoms with van der Waals surface area (Å²) in [6, 6.07) is 0. The third-order valence-electron chi connectivity index (χ3n) is 5.84. The average molecular weight is 302 g/mol. The molecule has 0 radical (unpaired) electrons. The molecule has 2 heterocycles. The Kier molecular flexibility index (Phi) is 3.12. The van der Waals surface area contributed by atoms with Gasteiger partial charge in [-0.25, -0.2) is 0 Å². The second-order valence-corrected chi connectivity index (χ2v) is 7.45. The number of carbonyl (C=O) groups excluding carboxylic acids is 1. The van der Waals surface area contributed by atoms with E-state index >= 15 is 0 Å². The van der Waals surface area contributed by atoms with Gasteiger partial charge in [-0.1, -0.05) is 12.8 Å². The smallest absolute Gasteiger partial charge is 0.244 e. The predicted molar refractivity (Wildman–Crippen MR) is 84.2 cm³/mol. The van der Waals surface area contributed by atoms with Crippen LogP contribution in [-0.4, -0.2) is 32.7 Å². The van der Waals surface area contributed by atoms with Gasteiger partial charge in [0.05, 0.1) is 11.2 Å². The van der Waals surface area contributed by atoms with E-state index in [1.54, 1.807) is 0 Å². The number of aromatic nitrogens is 2. The molecule has 1 N–H and O–H groups in total. The van der Waals surface area contributed by atoms with Gasteiger partial charge in [0.25, 0.3) is 0 Å². The van der Waals surface area contributed by atoms with Gasteiger partial charge in [0.15, 0.2) is 0 Å². The lowest BCUT2D eigenvalue weighted by Gasteiger charge is -2.24. The summed E-state index contributed by atoms with van der Waals surface area (Å²) < 4.78 is 1.94. The molecule has 1 amide bonds. The summed E-state index contributed by atoms with van der Waals surface area (Å²) in [7, 11) is 1.99. The van der Waals surface area contributed by atoms with E-state index < -0.39 is 0 Å². The van der Waals surface area contributed by atoms with Crippen molar-refractivity contribution in [1.82, 2.24) is 20.0 Å². The highest BCUT2D eigenvalue weighted by atomic mass is 16.2. The highest BCUT2D eigenvalue weighted by Gasteiger charge is 2.54. The van der Waals surface area contributed by atoms with Crippen LogP contribution in [0, 0.1) is 19.8 Å². The fraction of sp³-hybridized carbons (Fsp3) is 0.765. The zero-order valence-electron chi connectivity index (χ0n) is 13.9. The van der Waals surface area contributed by atoms with E-state index in [0.29, 0.717) is 11.8 Å². The Labute approximate surface area is 132 Å². The van der Waals surface area contributed by atoms with E-state index in [2.05, 4.69) is 29.2 Å². The third kappa shape index (κ3) is 2.02. The molecule has 0 unspecified atom stereocenters. The van der Waals surface area contributed by atoms with E-state index in [-0.39, 0.29) is 11.7 Å². The highest BCUT2D eigenvalue weighted by molar-refractivity contribution is 5.89. The molecule has 120 valence electrons. The molecule has 1 aromatic heterocycles. The third-order valence-corrected chi connectivity index (χ3v) is 5.84. The number of rotatable bonds is 3. The van der Waals surface area contributed by atoms with Crippen LogP contribution in [0.15, 0.2) is 0 Å². The van der Waals surface area contributed by atoms with Gasteiger partial charge in [-0.05, 0) is 45.4 Å². The molecule has 0 bridgehead atoms. The topological polar surface area (TPSA) is 50.2 Å². The first-order valence-electron chi connectivity index (χ1n) is 8.61. The Morgan fingerprint density at radius 3 is 2.50 bits per heavy atom. The van der Waals surface area contributed by atoms with Crippen LogP contribution in [0.5, 0.6) is 0 Å². The zero-order chi connectivity index (χ0) is 15.5. The summed E-state index contributed by atoms with van der Waals surface area (Å²) in [5, 5.41) is 8.30. The maximum atomic E-state index is 13.1. The molecule has 3 fully saturated rings. The summed E-state index contributed by atoms with van der Waals surface area (Å²) in [4.78, 5) is 15.3. The van der Waals surface area contributed by atoms with Crippen molar-refractivity contribution in [2.45, 2.75) is 64.1 Å². The molecule has 1 aliphatic heterocycles. The number of amides is 1. The van der Waals surface area contributed by atoms with Crippen LogP contribution >= 0.6 is 0 Å². The number of aryl methyl sites for hydroxylation is 2. The summed E-state index contributed by atoms with van der Waals surface area (Å²) >= 11 is 0. The fourth-order valence-electron chi connectivity index (χ4n) is 4.31. The molecule has 4 rings (SSSR count). The SMILES string of the molecule is Cc1nn(C)c(C)c1[C@@H]1NC2(CCCC2)C(=O)N1CC1CC1. The molecule has 2 saturated carbocycles.